The summed E-state index contributed by atoms with van der Waals surface area (Å²) in [7, 11) is 5.87. The molecule has 2 aromatic rings. The zero-order chi connectivity index (χ0) is 31.5. The number of carbonyl (C=O) groups excluding carboxylic acids is 4. The summed E-state index contributed by atoms with van der Waals surface area (Å²) < 4.78 is 31.8. The molecule has 1 fully saturated rings. The van der Waals surface area contributed by atoms with E-state index in [4.69, 9.17) is 28.4 Å². The van der Waals surface area contributed by atoms with E-state index in [1.54, 1.807) is 32.4 Å². The van der Waals surface area contributed by atoms with Crippen molar-refractivity contribution in [2.45, 2.75) is 52.0 Å². The molecule has 43 heavy (non-hydrogen) atoms. The minimum absolute atomic E-state index is 0.0421. The van der Waals surface area contributed by atoms with Crippen LogP contribution in [0.1, 0.15) is 44.2 Å². The number of methoxy groups -OCH3 is 4. The van der Waals surface area contributed by atoms with Crippen molar-refractivity contribution in [3.05, 3.63) is 47.5 Å². The first-order valence-corrected chi connectivity index (χ1v) is 14.2. The van der Waals surface area contributed by atoms with Crippen LogP contribution in [0.4, 0.5) is 0 Å². The van der Waals surface area contributed by atoms with Crippen LogP contribution >= 0.6 is 0 Å². The Balaban J connectivity index is 1.60. The van der Waals surface area contributed by atoms with Crippen LogP contribution in [0.3, 0.4) is 0 Å². The van der Waals surface area contributed by atoms with Gasteiger partial charge in [0.1, 0.15) is 6.04 Å². The van der Waals surface area contributed by atoms with Crippen molar-refractivity contribution in [2.24, 2.45) is 17.8 Å². The van der Waals surface area contributed by atoms with E-state index >= 15 is 0 Å². The number of cyclic esters (lactones) is 1. The Kier molecular flexibility index (Phi) is 12.2. The topological polar surface area (TPSA) is 136 Å². The van der Waals surface area contributed by atoms with Crippen molar-refractivity contribution < 1.29 is 47.6 Å². The number of hydrogen-bond donors (Lipinski definition) is 1. The highest BCUT2D eigenvalue weighted by Gasteiger charge is 2.37. The van der Waals surface area contributed by atoms with Gasteiger partial charge in [-0.2, -0.15) is 0 Å². The zero-order valence-electron chi connectivity index (χ0n) is 25.6. The molecule has 1 saturated heterocycles. The lowest BCUT2D eigenvalue weighted by atomic mass is 9.85. The number of benzene rings is 2. The summed E-state index contributed by atoms with van der Waals surface area (Å²) in [5.41, 5.74) is 1.82. The molecule has 1 heterocycles. The molecule has 1 aliphatic rings. The lowest BCUT2D eigenvalue weighted by Crippen LogP contribution is -2.42. The zero-order valence-corrected chi connectivity index (χ0v) is 25.6. The first-order valence-electron chi connectivity index (χ1n) is 14.2. The molecule has 0 radical (unpaired) electrons. The molecule has 11 nitrogen and oxygen atoms in total. The molecule has 0 aromatic heterocycles. The van der Waals surface area contributed by atoms with Crippen molar-refractivity contribution in [2.75, 3.05) is 35.0 Å². The van der Waals surface area contributed by atoms with Crippen LogP contribution in [0.15, 0.2) is 36.4 Å². The van der Waals surface area contributed by atoms with E-state index in [0.29, 0.717) is 43.1 Å². The molecule has 0 spiro atoms. The molecular weight excluding hydrogens is 558 g/mol. The van der Waals surface area contributed by atoms with E-state index in [1.807, 2.05) is 32.0 Å². The number of carbonyl (C=O) groups is 4. The normalized spacial score (nSPS) is 16.7. The Labute approximate surface area is 252 Å². The summed E-state index contributed by atoms with van der Waals surface area (Å²) in [6.07, 6.45) is 1.10. The van der Waals surface area contributed by atoms with Gasteiger partial charge in [-0.3, -0.25) is 14.4 Å². The highest BCUT2D eigenvalue weighted by molar-refractivity contribution is 5.86. The summed E-state index contributed by atoms with van der Waals surface area (Å²) >= 11 is 0. The van der Waals surface area contributed by atoms with Gasteiger partial charge >= 0.3 is 17.9 Å². The Morgan fingerprint density at radius 1 is 0.860 bits per heavy atom. The average Bonchev–Trinajstić information content (AvgIpc) is 3.33. The van der Waals surface area contributed by atoms with Crippen LogP contribution in [0.2, 0.25) is 0 Å². The van der Waals surface area contributed by atoms with Crippen LogP contribution in [0, 0.1) is 17.8 Å². The summed E-state index contributed by atoms with van der Waals surface area (Å²) in [4.78, 5) is 49.5. The summed E-state index contributed by atoms with van der Waals surface area (Å²) in [5, 5.41) is 2.62. The second kappa shape index (κ2) is 15.8. The van der Waals surface area contributed by atoms with E-state index in [2.05, 4.69) is 5.32 Å². The van der Waals surface area contributed by atoms with Crippen molar-refractivity contribution in [1.29, 1.82) is 0 Å². The van der Waals surface area contributed by atoms with Gasteiger partial charge in [0.15, 0.2) is 23.0 Å². The third-order valence-corrected chi connectivity index (χ3v) is 7.25. The second-order valence-corrected chi connectivity index (χ2v) is 10.8. The highest BCUT2D eigenvalue weighted by atomic mass is 16.6. The molecule has 3 rings (SSSR count). The largest absolute Gasteiger partial charge is 0.493 e. The summed E-state index contributed by atoms with van der Waals surface area (Å²) in [6.45, 7) is 4.17. The lowest BCUT2D eigenvalue weighted by molar-refractivity contribution is -0.145. The van der Waals surface area contributed by atoms with Crippen molar-refractivity contribution >= 4 is 23.8 Å². The molecule has 0 unspecified atom stereocenters. The van der Waals surface area contributed by atoms with Gasteiger partial charge in [0.05, 0.1) is 47.4 Å². The minimum Gasteiger partial charge on any atom is -0.493 e. The van der Waals surface area contributed by atoms with Crippen LogP contribution in [-0.4, -0.2) is 64.9 Å². The molecule has 3 atom stereocenters. The van der Waals surface area contributed by atoms with E-state index < -0.39 is 23.9 Å². The minimum atomic E-state index is -0.781. The standard InChI is InChI=1S/C32H41NO10/c1-19(2)13-24(32(37)41-6)33-29(34)11-12-30(35)43-26-10-8-21(17-28(26)40-5)15-23-22(18-42-31(23)36)14-20-7-9-25(38-3)27(16-20)39-4/h7-10,16-17,19,22-24H,11-15,18H2,1-6H3,(H,33,34)/t22-,23+,24-/m0/s1. The van der Waals surface area contributed by atoms with Crippen molar-refractivity contribution in [3.63, 3.8) is 0 Å². The Morgan fingerprint density at radius 2 is 1.47 bits per heavy atom. The third-order valence-electron chi connectivity index (χ3n) is 7.25. The van der Waals surface area contributed by atoms with Crippen LogP contribution in [-0.2, 0) is 41.5 Å². The van der Waals surface area contributed by atoms with E-state index in [1.165, 1.54) is 14.2 Å². The van der Waals surface area contributed by atoms with Crippen LogP contribution in [0.25, 0.3) is 0 Å². The molecule has 0 saturated carbocycles. The predicted octanol–water partition coefficient (Wildman–Crippen LogP) is 3.68. The summed E-state index contributed by atoms with van der Waals surface area (Å²) in [6, 6.07) is 10.00. The van der Waals surface area contributed by atoms with Gasteiger partial charge in [-0.05, 0) is 60.6 Å². The number of amides is 1. The molecule has 1 N–H and O–H groups in total. The fourth-order valence-electron chi connectivity index (χ4n) is 5.03. The van der Waals surface area contributed by atoms with E-state index in [-0.39, 0.29) is 42.3 Å². The van der Waals surface area contributed by atoms with Crippen molar-refractivity contribution in [1.82, 2.24) is 5.32 Å². The quantitative estimate of drug-likeness (QED) is 0.239. The maximum atomic E-state index is 12.6. The highest BCUT2D eigenvalue weighted by Crippen LogP contribution is 2.35. The van der Waals surface area contributed by atoms with Gasteiger partial charge in [0.2, 0.25) is 5.91 Å². The van der Waals surface area contributed by atoms with Crippen LogP contribution in [0.5, 0.6) is 23.0 Å². The molecule has 11 heteroatoms. The fourth-order valence-corrected chi connectivity index (χ4v) is 5.03. The van der Waals surface area contributed by atoms with Gasteiger partial charge in [0, 0.05) is 12.3 Å². The SMILES string of the molecule is COC(=O)[C@H](CC(C)C)NC(=O)CCC(=O)Oc1ccc(C[C@H]2C(=O)OC[C@@H]2Cc2ccc(OC)c(OC)c2)cc1OC. The van der Waals surface area contributed by atoms with E-state index in [0.717, 1.165) is 11.1 Å². The van der Waals surface area contributed by atoms with Gasteiger partial charge in [-0.1, -0.05) is 26.0 Å². The molecule has 0 bridgehead atoms. The molecular formula is C32H41NO10. The Hall–Kier alpha value is -4.28. The van der Waals surface area contributed by atoms with E-state index in [9.17, 15) is 19.2 Å². The second-order valence-electron chi connectivity index (χ2n) is 10.8. The predicted molar refractivity (Wildman–Crippen MR) is 156 cm³/mol. The van der Waals surface area contributed by atoms with Gasteiger partial charge in [-0.15, -0.1) is 0 Å². The number of nitrogens with one attached hydrogen (secondary N) is 1. The first kappa shape index (κ1) is 33.2. The third kappa shape index (κ3) is 9.36. The smallest absolute Gasteiger partial charge is 0.328 e. The Morgan fingerprint density at radius 3 is 2.07 bits per heavy atom. The maximum absolute atomic E-state index is 12.6. The molecule has 0 aliphatic carbocycles. The lowest BCUT2D eigenvalue weighted by Gasteiger charge is -2.18. The number of ether oxygens (including phenoxy) is 6. The first-order chi connectivity index (χ1) is 20.6. The molecule has 1 amide bonds. The maximum Gasteiger partial charge on any atom is 0.328 e. The number of hydrogen-bond acceptors (Lipinski definition) is 10. The number of rotatable bonds is 15. The molecule has 1 aliphatic heterocycles. The van der Waals surface area contributed by atoms with Gasteiger partial charge in [0.25, 0.3) is 0 Å². The van der Waals surface area contributed by atoms with Crippen LogP contribution < -0.4 is 24.3 Å². The van der Waals surface area contributed by atoms with Gasteiger partial charge < -0.3 is 33.7 Å². The summed E-state index contributed by atoms with van der Waals surface area (Å²) in [5.74, 6) is -0.369. The number of esters is 3. The monoisotopic (exact) mass is 599 g/mol. The van der Waals surface area contributed by atoms with Gasteiger partial charge in [-0.25, -0.2) is 4.79 Å². The molecule has 2 aromatic carbocycles. The average molecular weight is 600 g/mol. The Bertz CT molecular complexity index is 1290. The van der Waals surface area contributed by atoms with Crippen molar-refractivity contribution in [3.8, 4) is 23.0 Å². The molecule has 234 valence electrons. The fraction of sp³-hybridized carbons (Fsp3) is 0.500.